The minimum Gasteiger partial charge on any atom is -0.497 e. The standard InChI is InChI=1S/C13H14BrN5O3/c1-18-4-3-13(21,12(18)20)9-7-19(17-16-9)11-6-8(22-2)5-10(14)15-11/h5-7,21H,3-4H2,1-2H3. The van der Waals surface area contributed by atoms with Crippen molar-refractivity contribution in [3.05, 3.63) is 28.6 Å². The number of halogens is 1. The number of carbonyl (C=O) groups is 1. The molecule has 1 N–H and O–H groups in total. The quantitative estimate of drug-likeness (QED) is 0.793. The summed E-state index contributed by atoms with van der Waals surface area (Å²) < 4.78 is 7.15. The summed E-state index contributed by atoms with van der Waals surface area (Å²) in [4.78, 5) is 17.8. The number of aliphatic hydroxyl groups is 1. The van der Waals surface area contributed by atoms with E-state index in [0.717, 1.165) is 0 Å². The van der Waals surface area contributed by atoms with Crippen LogP contribution in [0.5, 0.6) is 5.75 Å². The van der Waals surface area contributed by atoms with Crippen LogP contribution in [0, 0.1) is 0 Å². The van der Waals surface area contributed by atoms with Crippen molar-refractivity contribution in [2.24, 2.45) is 0 Å². The zero-order chi connectivity index (χ0) is 15.9. The molecule has 1 fully saturated rings. The second-order valence-electron chi connectivity index (χ2n) is 5.07. The van der Waals surface area contributed by atoms with Crippen molar-refractivity contribution in [3.8, 4) is 11.6 Å². The molecule has 0 aromatic carbocycles. The number of likely N-dealkylation sites (tertiary alicyclic amines) is 1. The first-order chi connectivity index (χ1) is 10.4. The van der Waals surface area contributed by atoms with E-state index in [1.165, 1.54) is 15.8 Å². The molecule has 3 rings (SSSR count). The van der Waals surface area contributed by atoms with Crippen LogP contribution in [0.15, 0.2) is 22.9 Å². The van der Waals surface area contributed by atoms with Crippen molar-refractivity contribution in [1.82, 2.24) is 24.9 Å². The molecule has 2 aromatic rings. The van der Waals surface area contributed by atoms with Gasteiger partial charge in [-0.2, -0.15) is 0 Å². The lowest BCUT2D eigenvalue weighted by atomic mass is 9.99. The highest BCUT2D eigenvalue weighted by molar-refractivity contribution is 9.10. The summed E-state index contributed by atoms with van der Waals surface area (Å²) in [5.74, 6) is 0.691. The first-order valence-corrected chi connectivity index (χ1v) is 7.36. The van der Waals surface area contributed by atoms with Gasteiger partial charge >= 0.3 is 0 Å². The molecule has 0 aliphatic carbocycles. The summed E-state index contributed by atoms with van der Waals surface area (Å²) in [5.41, 5.74) is -1.41. The number of carbonyl (C=O) groups excluding carboxylic acids is 1. The Morgan fingerprint density at radius 3 is 2.86 bits per heavy atom. The average Bonchev–Trinajstić information content (AvgIpc) is 3.09. The molecule has 9 heteroatoms. The van der Waals surface area contributed by atoms with Crippen LogP contribution in [0.1, 0.15) is 12.1 Å². The van der Waals surface area contributed by atoms with E-state index < -0.39 is 5.60 Å². The first-order valence-electron chi connectivity index (χ1n) is 6.57. The molecular formula is C13H14BrN5O3. The molecule has 1 atom stereocenters. The zero-order valence-corrected chi connectivity index (χ0v) is 13.6. The van der Waals surface area contributed by atoms with Gasteiger partial charge in [0.05, 0.1) is 13.3 Å². The smallest absolute Gasteiger partial charge is 0.260 e. The molecule has 1 aliphatic rings. The number of nitrogens with zero attached hydrogens (tertiary/aromatic N) is 5. The molecule has 116 valence electrons. The first kappa shape index (κ1) is 14.9. The fraction of sp³-hybridized carbons (Fsp3) is 0.385. The Morgan fingerprint density at radius 2 is 2.23 bits per heavy atom. The van der Waals surface area contributed by atoms with Gasteiger partial charge in [-0.1, -0.05) is 5.21 Å². The molecule has 1 unspecified atom stereocenters. The largest absolute Gasteiger partial charge is 0.497 e. The normalized spacial score (nSPS) is 21.5. The molecule has 2 aromatic heterocycles. The maximum atomic E-state index is 12.1. The van der Waals surface area contributed by atoms with Crippen LogP contribution in [0.25, 0.3) is 5.82 Å². The Bertz CT molecular complexity index is 734. The van der Waals surface area contributed by atoms with Crippen molar-refractivity contribution in [1.29, 1.82) is 0 Å². The molecule has 0 bridgehead atoms. The number of aromatic nitrogens is 4. The Kier molecular flexibility index (Phi) is 3.61. The maximum absolute atomic E-state index is 12.1. The predicted molar refractivity (Wildman–Crippen MR) is 79.6 cm³/mol. The molecule has 22 heavy (non-hydrogen) atoms. The highest BCUT2D eigenvalue weighted by Crippen LogP contribution is 2.31. The van der Waals surface area contributed by atoms with Crippen molar-refractivity contribution in [2.45, 2.75) is 12.0 Å². The summed E-state index contributed by atoms with van der Waals surface area (Å²) in [6.45, 7) is 0.477. The van der Waals surface area contributed by atoms with Gasteiger partial charge in [0, 0.05) is 32.1 Å². The van der Waals surface area contributed by atoms with Crippen LogP contribution in [0.4, 0.5) is 0 Å². The van der Waals surface area contributed by atoms with Gasteiger partial charge in [0.1, 0.15) is 16.0 Å². The topological polar surface area (TPSA) is 93.4 Å². The van der Waals surface area contributed by atoms with E-state index >= 15 is 0 Å². The van der Waals surface area contributed by atoms with Crippen molar-refractivity contribution in [2.75, 3.05) is 20.7 Å². The fourth-order valence-electron chi connectivity index (χ4n) is 2.35. The lowest BCUT2D eigenvalue weighted by Gasteiger charge is -2.17. The minimum atomic E-state index is -1.62. The van der Waals surface area contributed by atoms with Crippen molar-refractivity contribution >= 4 is 21.8 Å². The zero-order valence-electron chi connectivity index (χ0n) is 12.0. The number of pyridine rings is 1. The second-order valence-corrected chi connectivity index (χ2v) is 5.89. The van der Waals surface area contributed by atoms with Gasteiger partial charge in [0.25, 0.3) is 5.91 Å². The number of ether oxygens (including phenoxy) is 1. The van der Waals surface area contributed by atoms with Gasteiger partial charge in [0.2, 0.25) is 0 Å². The molecule has 0 spiro atoms. The molecule has 3 heterocycles. The van der Waals surface area contributed by atoms with E-state index in [2.05, 4.69) is 31.2 Å². The van der Waals surface area contributed by atoms with Gasteiger partial charge in [-0.3, -0.25) is 4.79 Å². The van der Waals surface area contributed by atoms with Crippen LogP contribution in [-0.4, -0.2) is 56.6 Å². The third kappa shape index (κ3) is 2.35. The fourth-order valence-corrected chi connectivity index (χ4v) is 2.76. The van der Waals surface area contributed by atoms with E-state index in [1.807, 2.05) is 0 Å². The molecule has 8 nitrogen and oxygen atoms in total. The Hall–Kier alpha value is -2.00. The Labute approximate surface area is 134 Å². The average molecular weight is 368 g/mol. The van der Waals surface area contributed by atoms with Gasteiger partial charge in [0.15, 0.2) is 11.4 Å². The molecule has 0 radical (unpaired) electrons. The Morgan fingerprint density at radius 1 is 1.45 bits per heavy atom. The summed E-state index contributed by atoms with van der Waals surface area (Å²) in [6.07, 6.45) is 1.79. The van der Waals surface area contributed by atoms with Gasteiger partial charge in [-0.15, -0.1) is 5.10 Å². The molecule has 1 amide bonds. The van der Waals surface area contributed by atoms with Crippen LogP contribution < -0.4 is 4.74 Å². The van der Waals surface area contributed by atoms with E-state index in [9.17, 15) is 9.90 Å². The lowest BCUT2D eigenvalue weighted by Crippen LogP contribution is -2.36. The maximum Gasteiger partial charge on any atom is 0.260 e. The third-order valence-corrected chi connectivity index (χ3v) is 4.06. The molecular weight excluding hydrogens is 354 g/mol. The second kappa shape index (κ2) is 5.33. The van der Waals surface area contributed by atoms with Crippen LogP contribution in [0.2, 0.25) is 0 Å². The minimum absolute atomic E-state index is 0.211. The van der Waals surface area contributed by atoms with Crippen LogP contribution in [-0.2, 0) is 10.4 Å². The third-order valence-electron chi connectivity index (χ3n) is 3.65. The number of likely N-dealkylation sites (N-methyl/N-ethyl adjacent to an activating group) is 1. The van der Waals surface area contributed by atoms with Crippen molar-refractivity contribution in [3.63, 3.8) is 0 Å². The summed E-state index contributed by atoms with van der Waals surface area (Å²) in [7, 11) is 3.19. The summed E-state index contributed by atoms with van der Waals surface area (Å²) in [6, 6.07) is 3.39. The summed E-state index contributed by atoms with van der Waals surface area (Å²) >= 11 is 3.29. The Balaban J connectivity index is 1.98. The van der Waals surface area contributed by atoms with Crippen molar-refractivity contribution < 1.29 is 14.6 Å². The highest BCUT2D eigenvalue weighted by atomic mass is 79.9. The summed E-state index contributed by atoms with van der Waals surface area (Å²) in [5, 5.41) is 18.4. The molecule has 1 aliphatic heterocycles. The van der Waals surface area contributed by atoms with E-state index in [4.69, 9.17) is 4.74 Å². The number of methoxy groups -OCH3 is 1. The lowest BCUT2D eigenvalue weighted by molar-refractivity contribution is -0.143. The van der Waals surface area contributed by atoms with Crippen LogP contribution in [0.3, 0.4) is 0 Å². The SMILES string of the molecule is COc1cc(Br)nc(-n2cc(C3(O)CCN(C)C3=O)nn2)c1. The van der Waals surface area contributed by atoms with E-state index in [-0.39, 0.29) is 18.0 Å². The molecule has 1 saturated heterocycles. The number of hydrogen-bond donors (Lipinski definition) is 1. The highest BCUT2D eigenvalue weighted by Gasteiger charge is 2.47. The molecule has 0 saturated carbocycles. The monoisotopic (exact) mass is 367 g/mol. The number of rotatable bonds is 3. The van der Waals surface area contributed by atoms with Gasteiger partial charge < -0.3 is 14.7 Å². The van der Waals surface area contributed by atoms with Gasteiger partial charge in [-0.05, 0) is 15.9 Å². The number of amides is 1. The van der Waals surface area contributed by atoms with E-state index in [0.29, 0.717) is 22.7 Å². The number of hydrogen-bond acceptors (Lipinski definition) is 6. The predicted octanol–water partition coefficient (Wildman–Crippen LogP) is 0.483. The van der Waals surface area contributed by atoms with Crippen LogP contribution >= 0.6 is 15.9 Å². The van der Waals surface area contributed by atoms with E-state index in [1.54, 1.807) is 26.3 Å². The van der Waals surface area contributed by atoms with Gasteiger partial charge in [-0.25, -0.2) is 9.67 Å².